The summed E-state index contributed by atoms with van der Waals surface area (Å²) >= 11 is 0. The molecule has 116 valence electrons. The van der Waals surface area contributed by atoms with Gasteiger partial charge in [0.1, 0.15) is 5.75 Å². The van der Waals surface area contributed by atoms with Gasteiger partial charge in [0.25, 0.3) is 11.6 Å². The van der Waals surface area contributed by atoms with Crippen LogP contribution in [0.4, 0.5) is 5.69 Å². The summed E-state index contributed by atoms with van der Waals surface area (Å²) in [6, 6.07) is 13.7. The Hall–Kier alpha value is -3.22. The largest absolute Gasteiger partial charge is 0.484 e. The number of aromatic nitrogens is 2. The maximum absolute atomic E-state index is 10.8. The molecule has 0 N–H and O–H groups in total. The second-order valence-electron chi connectivity index (χ2n) is 4.92. The monoisotopic (exact) mass is 311 g/mol. The minimum absolute atomic E-state index is 0.0233. The standard InChI is InChI=1S/C16H13N3O4/c1-11-4-2-7-14(8-11)22-10-15-17-16(18-23-15)12-5-3-6-13(9-12)19(20)21/h2-9H,10H2,1H3. The second kappa shape index (κ2) is 6.27. The lowest BCUT2D eigenvalue weighted by Gasteiger charge is -2.03. The van der Waals surface area contributed by atoms with E-state index in [2.05, 4.69) is 10.1 Å². The molecule has 0 atom stereocenters. The first kappa shape index (κ1) is 14.7. The zero-order valence-corrected chi connectivity index (χ0v) is 12.3. The average Bonchev–Trinajstić information content (AvgIpc) is 3.02. The first-order valence-corrected chi connectivity index (χ1v) is 6.89. The van der Waals surface area contributed by atoms with Gasteiger partial charge in [-0.3, -0.25) is 10.1 Å². The van der Waals surface area contributed by atoms with Crippen LogP contribution in [0.5, 0.6) is 5.75 Å². The molecule has 0 bridgehead atoms. The van der Waals surface area contributed by atoms with Crippen molar-refractivity contribution in [2.24, 2.45) is 0 Å². The van der Waals surface area contributed by atoms with Gasteiger partial charge >= 0.3 is 0 Å². The number of aryl methyl sites for hydroxylation is 1. The Labute approximate surface area is 131 Å². The van der Waals surface area contributed by atoms with Crippen molar-refractivity contribution in [2.75, 3.05) is 0 Å². The van der Waals surface area contributed by atoms with Crippen molar-refractivity contribution in [1.82, 2.24) is 10.1 Å². The summed E-state index contributed by atoms with van der Waals surface area (Å²) < 4.78 is 10.7. The van der Waals surface area contributed by atoms with Crippen molar-refractivity contribution in [3.8, 4) is 17.1 Å². The normalized spacial score (nSPS) is 10.5. The molecule has 23 heavy (non-hydrogen) atoms. The van der Waals surface area contributed by atoms with Crippen molar-refractivity contribution in [3.63, 3.8) is 0 Å². The van der Waals surface area contributed by atoms with Crippen LogP contribution < -0.4 is 4.74 Å². The maximum atomic E-state index is 10.8. The van der Waals surface area contributed by atoms with Gasteiger partial charge in [-0.1, -0.05) is 29.4 Å². The molecule has 2 aromatic carbocycles. The van der Waals surface area contributed by atoms with Gasteiger partial charge in [-0.2, -0.15) is 4.98 Å². The molecule has 3 rings (SSSR count). The topological polar surface area (TPSA) is 91.3 Å². The van der Waals surface area contributed by atoms with Gasteiger partial charge in [0, 0.05) is 17.7 Å². The van der Waals surface area contributed by atoms with Crippen LogP contribution in [0, 0.1) is 17.0 Å². The van der Waals surface area contributed by atoms with Crippen molar-refractivity contribution < 1.29 is 14.2 Å². The van der Waals surface area contributed by atoms with E-state index < -0.39 is 4.92 Å². The molecule has 1 heterocycles. The van der Waals surface area contributed by atoms with E-state index >= 15 is 0 Å². The average molecular weight is 311 g/mol. The highest BCUT2D eigenvalue weighted by atomic mass is 16.6. The molecule has 0 spiro atoms. The van der Waals surface area contributed by atoms with E-state index in [0.29, 0.717) is 17.2 Å². The Morgan fingerprint density at radius 2 is 2.04 bits per heavy atom. The molecule has 0 saturated carbocycles. The SMILES string of the molecule is Cc1cccc(OCc2nc(-c3cccc([N+](=O)[O-])c3)no2)c1. The smallest absolute Gasteiger partial charge is 0.270 e. The summed E-state index contributed by atoms with van der Waals surface area (Å²) in [4.78, 5) is 14.5. The summed E-state index contributed by atoms with van der Waals surface area (Å²) in [7, 11) is 0. The Morgan fingerprint density at radius 3 is 2.83 bits per heavy atom. The Kier molecular flexibility index (Phi) is 4.01. The molecule has 0 radical (unpaired) electrons. The fraction of sp³-hybridized carbons (Fsp3) is 0.125. The van der Waals surface area contributed by atoms with Gasteiger partial charge < -0.3 is 9.26 Å². The van der Waals surface area contributed by atoms with Crippen molar-refractivity contribution >= 4 is 5.69 Å². The lowest BCUT2D eigenvalue weighted by molar-refractivity contribution is -0.384. The zero-order valence-electron chi connectivity index (χ0n) is 12.3. The molecule has 7 heteroatoms. The number of benzene rings is 2. The molecule has 0 aliphatic carbocycles. The number of nitro benzene ring substituents is 1. The quantitative estimate of drug-likeness (QED) is 0.528. The third kappa shape index (κ3) is 3.52. The van der Waals surface area contributed by atoms with Crippen LogP contribution >= 0.6 is 0 Å². The number of hydrogen-bond donors (Lipinski definition) is 0. The molecule has 0 aliphatic heterocycles. The highest BCUT2D eigenvalue weighted by Crippen LogP contribution is 2.22. The third-order valence-electron chi connectivity index (χ3n) is 3.14. The van der Waals surface area contributed by atoms with E-state index in [9.17, 15) is 10.1 Å². The molecular formula is C16H13N3O4. The highest BCUT2D eigenvalue weighted by molar-refractivity contribution is 5.58. The molecule has 1 aromatic heterocycles. The Morgan fingerprint density at radius 1 is 1.22 bits per heavy atom. The Bertz CT molecular complexity index is 845. The summed E-state index contributed by atoms with van der Waals surface area (Å²) in [6.45, 7) is 2.10. The van der Waals surface area contributed by atoms with Crippen molar-refractivity contribution in [1.29, 1.82) is 0 Å². The molecule has 7 nitrogen and oxygen atoms in total. The lowest BCUT2D eigenvalue weighted by Crippen LogP contribution is -1.96. The molecule has 0 aliphatic rings. The minimum atomic E-state index is -0.467. The van der Waals surface area contributed by atoms with Crippen LogP contribution in [0.25, 0.3) is 11.4 Å². The molecular weight excluding hydrogens is 298 g/mol. The summed E-state index contributed by atoms with van der Waals surface area (Å²) in [5.41, 5.74) is 1.58. The van der Waals surface area contributed by atoms with Gasteiger partial charge in [-0.25, -0.2) is 0 Å². The molecule has 3 aromatic rings. The fourth-order valence-corrected chi connectivity index (χ4v) is 2.04. The molecule has 0 fully saturated rings. The minimum Gasteiger partial charge on any atom is -0.484 e. The van der Waals surface area contributed by atoms with Crippen LogP contribution in [0.15, 0.2) is 53.1 Å². The lowest BCUT2D eigenvalue weighted by atomic mass is 10.2. The van der Waals surface area contributed by atoms with E-state index in [1.807, 2.05) is 31.2 Å². The molecule has 0 unspecified atom stereocenters. The van der Waals surface area contributed by atoms with Crippen molar-refractivity contribution in [2.45, 2.75) is 13.5 Å². The number of nitrogens with zero attached hydrogens (tertiary/aromatic N) is 3. The predicted molar refractivity (Wildman–Crippen MR) is 81.9 cm³/mol. The maximum Gasteiger partial charge on any atom is 0.270 e. The van der Waals surface area contributed by atoms with Gasteiger partial charge in [-0.15, -0.1) is 0 Å². The first-order chi connectivity index (χ1) is 11.1. The predicted octanol–water partition coefficient (Wildman–Crippen LogP) is 3.53. The van der Waals surface area contributed by atoms with E-state index in [4.69, 9.17) is 9.26 Å². The molecule has 0 amide bonds. The van der Waals surface area contributed by atoms with E-state index in [1.54, 1.807) is 12.1 Å². The van der Waals surface area contributed by atoms with E-state index in [1.165, 1.54) is 12.1 Å². The van der Waals surface area contributed by atoms with Crippen LogP contribution in [0.3, 0.4) is 0 Å². The van der Waals surface area contributed by atoms with Crippen LogP contribution in [-0.4, -0.2) is 15.1 Å². The van der Waals surface area contributed by atoms with Gasteiger partial charge in [0.05, 0.1) is 4.92 Å². The number of non-ortho nitro benzene ring substituents is 1. The third-order valence-corrected chi connectivity index (χ3v) is 3.14. The van der Waals surface area contributed by atoms with Crippen LogP contribution in [0.1, 0.15) is 11.5 Å². The van der Waals surface area contributed by atoms with Gasteiger partial charge in [-0.05, 0) is 24.6 Å². The van der Waals surface area contributed by atoms with Crippen LogP contribution in [0.2, 0.25) is 0 Å². The highest BCUT2D eigenvalue weighted by Gasteiger charge is 2.13. The van der Waals surface area contributed by atoms with Crippen LogP contribution in [-0.2, 0) is 6.61 Å². The number of ether oxygens (including phenoxy) is 1. The molecule has 0 saturated heterocycles. The second-order valence-corrected chi connectivity index (χ2v) is 4.92. The summed E-state index contributed by atoms with van der Waals surface area (Å²) in [5, 5.41) is 14.6. The number of rotatable bonds is 5. The zero-order chi connectivity index (χ0) is 16.2. The van der Waals surface area contributed by atoms with E-state index in [-0.39, 0.29) is 18.1 Å². The van der Waals surface area contributed by atoms with Gasteiger partial charge in [0.2, 0.25) is 5.82 Å². The number of hydrogen-bond acceptors (Lipinski definition) is 6. The fourth-order valence-electron chi connectivity index (χ4n) is 2.04. The summed E-state index contributed by atoms with van der Waals surface area (Å²) in [5.74, 6) is 1.30. The number of nitro groups is 1. The summed E-state index contributed by atoms with van der Waals surface area (Å²) in [6.07, 6.45) is 0. The van der Waals surface area contributed by atoms with Crippen molar-refractivity contribution in [3.05, 3.63) is 70.1 Å². The first-order valence-electron chi connectivity index (χ1n) is 6.89. The van der Waals surface area contributed by atoms with E-state index in [0.717, 1.165) is 5.56 Å². The van der Waals surface area contributed by atoms with Gasteiger partial charge in [0.15, 0.2) is 6.61 Å². The Balaban J connectivity index is 1.73.